The second kappa shape index (κ2) is 9.21. The summed E-state index contributed by atoms with van der Waals surface area (Å²) in [5.41, 5.74) is 4.06. The van der Waals surface area contributed by atoms with Crippen LogP contribution < -0.4 is 5.32 Å². The second-order valence-corrected chi connectivity index (χ2v) is 6.43. The van der Waals surface area contributed by atoms with E-state index >= 15 is 0 Å². The molecule has 0 atom stereocenters. The van der Waals surface area contributed by atoms with Crippen molar-refractivity contribution in [1.82, 2.24) is 4.98 Å². The van der Waals surface area contributed by atoms with Crippen LogP contribution in [-0.2, 0) is 20.7 Å². The van der Waals surface area contributed by atoms with E-state index in [1.54, 1.807) is 20.8 Å². The van der Waals surface area contributed by atoms with Crippen molar-refractivity contribution in [3.05, 3.63) is 51.8 Å². The van der Waals surface area contributed by atoms with Crippen LogP contribution >= 0.6 is 0 Å². The molecule has 7 heteroatoms. The van der Waals surface area contributed by atoms with Crippen LogP contribution in [0.2, 0.25) is 0 Å². The molecule has 0 aliphatic carbocycles. The van der Waals surface area contributed by atoms with E-state index in [0.717, 1.165) is 23.2 Å². The number of H-pyrrole nitrogens is 1. The van der Waals surface area contributed by atoms with E-state index in [0.29, 0.717) is 11.3 Å². The summed E-state index contributed by atoms with van der Waals surface area (Å²) in [6.45, 7) is 8.72. The summed E-state index contributed by atoms with van der Waals surface area (Å²) in [6.07, 6.45) is 0.773. The van der Waals surface area contributed by atoms with E-state index in [9.17, 15) is 14.4 Å². The lowest BCUT2D eigenvalue weighted by atomic mass is 10.1. The molecule has 28 heavy (non-hydrogen) atoms. The molecule has 0 spiro atoms. The van der Waals surface area contributed by atoms with Crippen LogP contribution in [0.25, 0.3) is 0 Å². The number of amides is 1. The molecule has 0 saturated carbocycles. The lowest BCUT2D eigenvalue weighted by Gasteiger charge is -2.13. The van der Waals surface area contributed by atoms with Crippen molar-refractivity contribution in [3.8, 4) is 0 Å². The average molecular weight is 386 g/mol. The van der Waals surface area contributed by atoms with Gasteiger partial charge in [0.25, 0.3) is 5.91 Å². The van der Waals surface area contributed by atoms with Crippen molar-refractivity contribution in [2.24, 2.45) is 0 Å². The quantitative estimate of drug-likeness (QED) is 0.710. The highest BCUT2D eigenvalue weighted by molar-refractivity contribution is 6.00. The number of aromatic amines is 1. The number of hydrogen-bond donors (Lipinski definition) is 2. The number of aryl methyl sites for hydroxylation is 3. The Bertz CT molecular complexity index is 898. The van der Waals surface area contributed by atoms with Crippen LogP contribution in [0.4, 0.5) is 5.69 Å². The van der Waals surface area contributed by atoms with Gasteiger partial charge in [-0.3, -0.25) is 4.79 Å². The predicted molar refractivity (Wildman–Crippen MR) is 106 cm³/mol. The first-order chi connectivity index (χ1) is 13.3. The fourth-order valence-electron chi connectivity index (χ4n) is 3.04. The molecule has 1 amide bonds. The highest BCUT2D eigenvalue weighted by atomic mass is 16.5. The van der Waals surface area contributed by atoms with E-state index in [1.807, 2.05) is 32.0 Å². The Morgan fingerprint density at radius 2 is 1.75 bits per heavy atom. The van der Waals surface area contributed by atoms with Crippen molar-refractivity contribution in [2.45, 2.75) is 41.0 Å². The fourth-order valence-corrected chi connectivity index (χ4v) is 3.04. The van der Waals surface area contributed by atoms with Gasteiger partial charge >= 0.3 is 11.9 Å². The minimum atomic E-state index is -0.669. The van der Waals surface area contributed by atoms with Gasteiger partial charge in [0.05, 0.1) is 12.2 Å². The summed E-state index contributed by atoms with van der Waals surface area (Å²) >= 11 is 0. The molecule has 0 aliphatic heterocycles. The van der Waals surface area contributed by atoms with Crippen molar-refractivity contribution >= 4 is 23.5 Å². The number of nitrogens with one attached hydrogen (secondary N) is 2. The van der Waals surface area contributed by atoms with E-state index in [-0.39, 0.29) is 17.9 Å². The van der Waals surface area contributed by atoms with E-state index in [2.05, 4.69) is 10.3 Å². The maximum Gasteiger partial charge on any atom is 0.355 e. The SMILES string of the molecule is CCOC(=O)c1[nH]c(C)c(C(=O)OCC(=O)Nc2c(C)cccc2CC)c1C. The standard InChI is InChI=1S/C21H26N2O5/c1-6-15-10-8-9-12(3)18(15)23-16(24)11-28-20(25)17-13(4)19(22-14(17)5)21(26)27-7-2/h8-10,22H,6-7,11H2,1-5H3,(H,23,24). The number of anilines is 1. The van der Waals surface area contributed by atoms with Crippen molar-refractivity contribution < 1.29 is 23.9 Å². The summed E-state index contributed by atoms with van der Waals surface area (Å²) in [5, 5.41) is 2.81. The molecule has 1 aromatic heterocycles. The molecule has 2 aromatic rings. The zero-order valence-corrected chi connectivity index (χ0v) is 16.9. The number of aromatic nitrogens is 1. The zero-order chi connectivity index (χ0) is 20.8. The van der Waals surface area contributed by atoms with Gasteiger partial charge in [-0.1, -0.05) is 25.1 Å². The maximum atomic E-state index is 12.5. The van der Waals surface area contributed by atoms with Gasteiger partial charge in [-0.25, -0.2) is 9.59 Å². The molecule has 0 radical (unpaired) electrons. The Hall–Kier alpha value is -3.09. The van der Waals surface area contributed by atoms with Crippen LogP contribution in [0, 0.1) is 20.8 Å². The number of hydrogen-bond acceptors (Lipinski definition) is 5. The molecule has 2 rings (SSSR count). The number of carbonyl (C=O) groups is 3. The molecular formula is C21H26N2O5. The third-order valence-corrected chi connectivity index (χ3v) is 4.46. The number of carbonyl (C=O) groups excluding carboxylic acids is 3. The van der Waals surface area contributed by atoms with E-state index < -0.39 is 24.5 Å². The molecule has 0 saturated heterocycles. The number of benzene rings is 1. The Morgan fingerprint density at radius 1 is 1.04 bits per heavy atom. The molecule has 0 aliphatic rings. The number of ether oxygens (including phenoxy) is 2. The van der Waals surface area contributed by atoms with Gasteiger partial charge in [0.2, 0.25) is 0 Å². The Morgan fingerprint density at radius 3 is 2.39 bits per heavy atom. The molecule has 150 valence electrons. The van der Waals surface area contributed by atoms with Crippen LogP contribution in [0.1, 0.15) is 57.1 Å². The van der Waals surface area contributed by atoms with E-state index in [1.165, 1.54) is 0 Å². The fraction of sp³-hybridized carbons (Fsp3) is 0.381. The minimum absolute atomic E-state index is 0.211. The van der Waals surface area contributed by atoms with Gasteiger partial charge in [0, 0.05) is 11.4 Å². The molecule has 1 heterocycles. The molecule has 0 fully saturated rings. The summed E-state index contributed by atoms with van der Waals surface area (Å²) in [7, 11) is 0. The first kappa shape index (κ1) is 21.2. The number of para-hydroxylation sites is 1. The third kappa shape index (κ3) is 4.60. The monoisotopic (exact) mass is 386 g/mol. The van der Waals surface area contributed by atoms with Gasteiger partial charge in [0.15, 0.2) is 6.61 Å². The largest absolute Gasteiger partial charge is 0.461 e. The zero-order valence-electron chi connectivity index (χ0n) is 16.9. The summed E-state index contributed by atoms with van der Waals surface area (Å²) in [6, 6.07) is 5.78. The van der Waals surface area contributed by atoms with Crippen molar-refractivity contribution in [2.75, 3.05) is 18.5 Å². The van der Waals surface area contributed by atoms with Crippen LogP contribution in [0.5, 0.6) is 0 Å². The molecule has 2 N–H and O–H groups in total. The normalized spacial score (nSPS) is 10.5. The summed E-state index contributed by atoms with van der Waals surface area (Å²) in [4.78, 5) is 39.5. The Labute approximate surface area is 164 Å². The van der Waals surface area contributed by atoms with Crippen LogP contribution in [0.3, 0.4) is 0 Å². The highest BCUT2D eigenvalue weighted by Crippen LogP contribution is 2.22. The van der Waals surface area contributed by atoms with Crippen LogP contribution in [0.15, 0.2) is 18.2 Å². The van der Waals surface area contributed by atoms with Crippen LogP contribution in [-0.4, -0.2) is 36.0 Å². The van der Waals surface area contributed by atoms with Crippen molar-refractivity contribution in [3.63, 3.8) is 0 Å². The van der Waals surface area contributed by atoms with Gasteiger partial charge in [-0.2, -0.15) is 0 Å². The first-order valence-electron chi connectivity index (χ1n) is 9.21. The maximum absolute atomic E-state index is 12.5. The lowest BCUT2D eigenvalue weighted by Crippen LogP contribution is -2.22. The number of rotatable bonds is 7. The third-order valence-electron chi connectivity index (χ3n) is 4.46. The first-order valence-corrected chi connectivity index (χ1v) is 9.21. The molecular weight excluding hydrogens is 360 g/mol. The molecule has 0 bridgehead atoms. The average Bonchev–Trinajstić information content (AvgIpc) is 2.96. The van der Waals surface area contributed by atoms with Crippen molar-refractivity contribution in [1.29, 1.82) is 0 Å². The Balaban J connectivity index is 2.07. The highest BCUT2D eigenvalue weighted by Gasteiger charge is 2.24. The summed E-state index contributed by atoms with van der Waals surface area (Å²) in [5.74, 6) is -1.63. The molecule has 0 unspecified atom stereocenters. The van der Waals surface area contributed by atoms with E-state index in [4.69, 9.17) is 9.47 Å². The molecule has 7 nitrogen and oxygen atoms in total. The van der Waals surface area contributed by atoms with Gasteiger partial charge in [0.1, 0.15) is 5.69 Å². The predicted octanol–water partition coefficient (Wildman–Crippen LogP) is 3.47. The lowest BCUT2D eigenvalue weighted by molar-refractivity contribution is -0.119. The topological polar surface area (TPSA) is 97.5 Å². The minimum Gasteiger partial charge on any atom is -0.461 e. The Kier molecular flexibility index (Phi) is 6.98. The van der Waals surface area contributed by atoms with Gasteiger partial charge in [-0.15, -0.1) is 0 Å². The van der Waals surface area contributed by atoms with Gasteiger partial charge in [-0.05, 0) is 50.8 Å². The molecule has 1 aromatic carbocycles. The summed E-state index contributed by atoms with van der Waals surface area (Å²) < 4.78 is 10.1. The second-order valence-electron chi connectivity index (χ2n) is 6.43. The van der Waals surface area contributed by atoms with Gasteiger partial charge < -0.3 is 19.8 Å². The smallest absolute Gasteiger partial charge is 0.355 e. The number of esters is 2.